The number of sulfonamides is 1. The molecule has 98 valence electrons. The molecule has 0 amide bonds. The van der Waals surface area contributed by atoms with Crippen LogP contribution in [0.25, 0.3) is 0 Å². The van der Waals surface area contributed by atoms with Crippen molar-refractivity contribution in [3.63, 3.8) is 0 Å². The normalized spacial score (nSPS) is 16.4. The summed E-state index contributed by atoms with van der Waals surface area (Å²) in [6, 6.07) is 0.0664. The van der Waals surface area contributed by atoms with E-state index in [4.69, 9.17) is 0 Å². The third kappa shape index (κ3) is 4.61. The maximum absolute atomic E-state index is 12.1. The van der Waals surface area contributed by atoms with E-state index in [1.54, 1.807) is 32.8 Å². The highest BCUT2D eigenvalue weighted by molar-refractivity contribution is 7.98. The van der Waals surface area contributed by atoms with Gasteiger partial charge in [-0.15, -0.1) is 0 Å². The molecule has 2 unspecified atom stereocenters. The van der Waals surface area contributed by atoms with Crippen molar-refractivity contribution in [3.05, 3.63) is 0 Å². The molecule has 0 aromatic carbocycles. The minimum Gasteiger partial charge on any atom is -0.318 e. The summed E-state index contributed by atoms with van der Waals surface area (Å²) >= 11 is 1.74. The molecule has 0 rings (SSSR count). The van der Waals surface area contributed by atoms with Crippen molar-refractivity contribution in [2.24, 2.45) is 0 Å². The molecule has 1 N–H and O–H groups in total. The molecule has 6 heteroatoms. The molecule has 0 radical (unpaired) electrons. The molecule has 0 aromatic heterocycles. The fraction of sp³-hybridized carbons (Fsp3) is 1.00. The van der Waals surface area contributed by atoms with Gasteiger partial charge in [-0.3, -0.25) is 0 Å². The van der Waals surface area contributed by atoms with Crippen molar-refractivity contribution in [2.45, 2.75) is 31.6 Å². The van der Waals surface area contributed by atoms with Crippen LogP contribution >= 0.6 is 11.8 Å². The van der Waals surface area contributed by atoms with Crippen LogP contribution in [0.1, 0.15) is 20.3 Å². The van der Waals surface area contributed by atoms with Gasteiger partial charge in [0.2, 0.25) is 10.0 Å². The van der Waals surface area contributed by atoms with E-state index in [2.05, 4.69) is 5.32 Å². The van der Waals surface area contributed by atoms with E-state index < -0.39 is 10.0 Å². The molecule has 16 heavy (non-hydrogen) atoms. The Labute approximate surface area is 104 Å². The van der Waals surface area contributed by atoms with Crippen molar-refractivity contribution >= 4 is 21.8 Å². The second-order valence-corrected chi connectivity index (χ2v) is 7.46. The quantitative estimate of drug-likeness (QED) is 0.713. The Morgan fingerprint density at radius 2 is 1.94 bits per heavy atom. The number of hydrogen-bond acceptors (Lipinski definition) is 4. The predicted molar refractivity (Wildman–Crippen MR) is 72.5 cm³/mol. The van der Waals surface area contributed by atoms with Crippen molar-refractivity contribution in [2.75, 3.05) is 32.6 Å². The van der Waals surface area contributed by atoms with Crippen LogP contribution in [0.2, 0.25) is 0 Å². The van der Waals surface area contributed by atoms with Crippen molar-refractivity contribution < 1.29 is 8.42 Å². The minimum absolute atomic E-state index is 0.0664. The lowest BCUT2D eigenvalue weighted by Gasteiger charge is -2.27. The third-order valence-electron chi connectivity index (χ3n) is 2.76. The van der Waals surface area contributed by atoms with Gasteiger partial charge in [0.15, 0.2) is 0 Å². The zero-order chi connectivity index (χ0) is 12.8. The van der Waals surface area contributed by atoms with Gasteiger partial charge in [0.1, 0.15) is 0 Å². The van der Waals surface area contributed by atoms with Gasteiger partial charge in [-0.2, -0.15) is 11.8 Å². The first-order chi connectivity index (χ1) is 7.37. The van der Waals surface area contributed by atoms with Crippen LogP contribution in [-0.2, 0) is 10.0 Å². The second kappa shape index (κ2) is 7.53. The monoisotopic (exact) mass is 268 g/mol. The average Bonchev–Trinajstić information content (AvgIpc) is 2.24. The Balaban J connectivity index is 4.50. The number of rotatable bonds is 8. The molecule has 2 atom stereocenters. The van der Waals surface area contributed by atoms with E-state index in [9.17, 15) is 8.42 Å². The van der Waals surface area contributed by atoms with Crippen LogP contribution in [-0.4, -0.2) is 56.7 Å². The molecule has 0 saturated carbocycles. The van der Waals surface area contributed by atoms with Crippen molar-refractivity contribution in [1.82, 2.24) is 9.62 Å². The number of thioether (sulfide) groups is 1. The Morgan fingerprint density at radius 3 is 2.38 bits per heavy atom. The molecule has 0 fully saturated rings. The highest BCUT2D eigenvalue weighted by Crippen LogP contribution is 2.14. The zero-order valence-electron chi connectivity index (χ0n) is 10.9. The van der Waals surface area contributed by atoms with Gasteiger partial charge in [0, 0.05) is 19.6 Å². The summed E-state index contributed by atoms with van der Waals surface area (Å²) in [6.07, 6.45) is 2.92. The van der Waals surface area contributed by atoms with E-state index in [-0.39, 0.29) is 11.3 Å². The molecule has 0 saturated heterocycles. The third-order valence-corrected chi connectivity index (χ3v) is 5.75. The molecule has 4 nitrogen and oxygen atoms in total. The summed E-state index contributed by atoms with van der Waals surface area (Å²) in [5.74, 6) is 0.988. The van der Waals surface area contributed by atoms with Gasteiger partial charge >= 0.3 is 0 Å². The van der Waals surface area contributed by atoms with E-state index >= 15 is 0 Å². The summed E-state index contributed by atoms with van der Waals surface area (Å²) in [6.45, 7) is 4.19. The van der Waals surface area contributed by atoms with Crippen molar-refractivity contribution in [1.29, 1.82) is 0 Å². The molecule has 0 aromatic rings. The summed E-state index contributed by atoms with van der Waals surface area (Å²) in [7, 11) is 0.271. The molecule has 0 bridgehead atoms. The van der Waals surface area contributed by atoms with Gasteiger partial charge in [-0.25, -0.2) is 12.7 Å². The first kappa shape index (κ1) is 16.2. The zero-order valence-corrected chi connectivity index (χ0v) is 12.5. The fourth-order valence-corrected chi connectivity index (χ4v) is 3.53. The van der Waals surface area contributed by atoms with Crippen LogP contribution in [0.5, 0.6) is 0 Å². The van der Waals surface area contributed by atoms with E-state index in [0.717, 1.165) is 12.2 Å². The van der Waals surface area contributed by atoms with Gasteiger partial charge in [0.05, 0.1) is 5.25 Å². The smallest absolute Gasteiger partial charge is 0.217 e. The van der Waals surface area contributed by atoms with Gasteiger partial charge in [-0.1, -0.05) is 0 Å². The molecule has 0 aliphatic rings. The number of nitrogens with one attached hydrogen (secondary N) is 1. The first-order valence-electron chi connectivity index (χ1n) is 5.48. The summed E-state index contributed by atoms with van der Waals surface area (Å²) in [4.78, 5) is 0. The Morgan fingerprint density at radius 1 is 1.38 bits per heavy atom. The van der Waals surface area contributed by atoms with Gasteiger partial charge < -0.3 is 5.32 Å². The Bertz CT molecular complexity index is 281. The van der Waals surface area contributed by atoms with Crippen molar-refractivity contribution in [3.8, 4) is 0 Å². The van der Waals surface area contributed by atoms with E-state index in [1.807, 2.05) is 13.2 Å². The topological polar surface area (TPSA) is 49.4 Å². The lowest BCUT2D eigenvalue weighted by atomic mass is 10.3. The molecule has 0 spiro atoms. The van der Waals surface area contributed by atoms with Crippen LogP contribution in [0.3, 0.4) is 0 Å². The largest absolute Gasteiger partial charge is 0.318 e. The maximum Gasteiger partial charge on any atom is 0.217 e. The highest BCUT2D eigenvalue weighted by Gasteiger charge is 2.28. The molecule has 0 aliphatic heterocycles. The second-order valence-electron chi connectivity index (χ2n) is 4.06. The SMILES string of the molecule is CNCC(C)S(=O)(=O)N(C)C(C)CCSC. The number of nitrogens with zero attached hydrogens (tertiary/aromatic N) is 1. The summed E-state index contributed by atoms with van der Waals surface area (Å²) in [5.41, 5.74) is 0. The van der Waals surface area contributed by atoms with E-state index in [1.165, 1.54) is 4.31 Å². The van der Waals surface area contributed by atoms with E-state index in [0.29, 0.717) is 6.54 Å². The Kier molecular flexibility index (Phi) is 7.63. The van der Waals surface area contributed by atoms with Crippen LogP contribution < -0.4 is 5.32 Å². The van der Waals surface area contributed by atoms with Crippen LogP contribution in [0, 0.1) is 0 Å². The molecule has 0 heterocycles. The number of hydrogen-bond donors (Lipinski definition) is 1. The summed E-state index contributed by atoms with van der Waals surface area (Å²) < 4.78 is 25.7. The van der Waals surface area contributed by atoms with Gasteiger partial charge in [0.25, 0.3) is 0 Å². The predicted octanol–water partition coefficient (Wildman–Crippen LogP) is 0.997. The average molecular weight is 268 g/mol. The van der Waals surface area contributed by atoms with Crippen LogP contribution in [0.4, 0.5) is 0 Å². The molecule has 0 aliphatic carbocycles. The molecular formula is C10H24N2O2S2. The summed E-state index contributed by atoms with van der Waals surface area (Å²) in [5, 5.41) is 2.52. The molecular weight excluding hydrogens is 244 g/mol. The standard InChI is InChI=1S/C10H24N2O2S2/c1-9(6-7-15-5)12(4)16(13,14)10(2)8-11-3/h9-11H,6-8H2,1-5H3. The fourth-order valence-electron chi connectivity index (χ4n) is 1.40. The minimum atomic E-state index is -3.17. The first-order valence-corrected chi connectivity index (χ1v) is 8.38. The lowest BCUT2D eigenvalue weighted by molar-refractivity contribution is 0.376. The Hall–Kier alpha value is 0.220. The highest BCUT2D eigenvalue weighted by atomic mass is 32.2. The van der Waals surface area contributed by atoms with Crippen LogP contribution in [0.15, 0.2) is 0 Å². The van der Waals surface area contributed by atoms with Gasteiger partial charge in [-0.05, 0) is 39.3 Å². The maximum atomic E-state index is 12.1. The lowest BCUT2D eigenvalue weighted by Crippen LogP contribution is -2.43.